The molecule has 1 aromatic carbocycles. The molecule has 0 bridgehead atoms. The molecule has 1 atom stereocenters. The molecule has 9 heteroatoms. The second-order valence-corrected chi connectivity index (χ2v) is 3.42. The van der Waals surface area contributed by atoms with E-state index in [1.807, 2.05) is 0 Å². The van der Waals surface area contributed by atoms with Gasteiger partial charge >= 0.3 is 18.3 Å². The number of hydrogen-bond donors (Lipinski definition) is 2. The first-order valence-electron chi connectivity index (χ1n) is 4.69. The molecule has 0 saturated heterocycles. The quantitative estimate of drug-likeness (QED) is 0.834. The minimum absolute atomic E-state index is 0.684. The van der Waals surface area contributed by atoms with Crippen molar-refractivity contribution in [1.82, 2.24) is 0 Å². The summed E-state index contributed by atoms with van der Waals surface area (Å²) in [6.45, 7) is 0. The van der Waals surface area contributed by atoms with Crippen LogP contribution >= 0.6 is 0 Å². The van der Waals surface area contributed by atoms with Gasteiger partial charge in [0.1, 0.15) is 5.75 Å². The first-order valence-corrected chi connectivity index (χ1v) is 4.69. The van der Waals surface area contributed by atoms with Gasteiger partial charge in [-0.3, -0.25) is 0 Å². The maximum Gasteiger partial charge on any atom is 0.573 e. The highest BCUT2D eigenvalue weighted by molar-refractivity contribution is 5.76. The predicted octanol–water partition coefficient (Wildman–Crippen LogP) is 2.34. The van der Waals surface area contributed by atoms with Crippen molar-refractivity contribution in [3.63, 3.8) is 0 Å². The summed E-state index contributed by atoms with van der Waals surface area (Å²) in [6, 6.07) is 3.50. The Morgan fingerprint density at radius 2 is 1.68 bits per heavy atom. The Morgan fingerprint density at radius 3 is 2.16 bits per heavy atom. The minimum atomic E-state index is -5.16. The van der Waals surface area contributed by atoms with Crippen molar-refractivity contribution in [3.05, 3.63) is 29.8 Å². The van der Waals surface area contributed by atoms with Crippen LogP contribution in [0.3, 0.4) is 0 Å². The standard InChI is InChI=1S/C10H7F5O4/c11-9(12,8(17)18)7(16)5-3-1-2-4-6(5)19-10(13,14)15/h1-4,7,16H,(H,17,18). The summed E-state index contributed by atoms with van der Waals surface area (Å²) in [4.78, 5) is 10.3. The van der Waals surface area contributed by atoms with Gasteiger partial charge in [-0.15, -0.1) is 13.2 Å². The van der Waals surface area contributed by atoms with E-state index in [1.54, 1.807) is 0 Å². The van der Waals surface area contributed by atoms with Crippen LogP contribution in [-0.2, 0) is 4.79 Å². The number of para-hydroxylation sites is 1. The lowest BCUT2D eigenvalue weighted by molar-refractivity contribution is -0.275. The number of carboxylic acid groups (broad SMARTS) is 1. The fourth-order valence-corrected chi connectivity index (χ4v) is 1.24. The molecule has 1 rings (SSSR count). The van der Waals surface area contributed by atoms with Crippen LogP contribution in [0, 0.1) is 0 Å². The van der Waals surface area contributed by atoms with Gasteiger partial charge in [0.05, 0.1) is 0 Å². The van der Waals surface area contributed by atoms with E-state index in [-0.39, 0.29) is 0 Å². The monoisotopic (exact) mass is 286 g/mol. The molecule has 0 saturated carbocycles. The van der Waals surface area contributed by atoms with Crippen LogP contribution in [0.2, 0.25) is 0 Å². The molecule has 4 nitrogen and oxygen atoms in total. The van der Waals surface area contributed by atoms with Crippen molar-refractivity contribution in [2.75, 3.05) is 0 Å². The van der Waals surface area contributed by atoms with Crippen LogP contribution in [0.4, 0.5) is 22.0 Å². The number of benzene rings is 1. The number of rotatable bonds is 4. The molecule has 2 N–H and O–H groups in total. The maximum absolute atomic E-state index is 13.1. The lowest BCUT2D eigenvalue weighted by Gasteiger charge is -2.21. The first kappa shape index (κ1) is 15.2. The lowest BCUT2D eigenvalue weighted by Crippen LogP contribution is -2.36. The van der Waals surface area contributed by atoms with Crippen molar-refractivity contribution < 1.29 is 41.7 Å². The summed E-state index contributed by atoms with van der Waals surface area (Å²) >= 11 is 0. The second kappa shape index (κ2) is 5.00. The molecule has 19 heavy (non-hydrogen) atoms. The molecule has 0 aliphatic rings. The zero-order chi connectivity index (χ0) is 14.8. The fourth-order valence-electron chi connectivity index (χ4n) is 1.24. The molecule has 1 aromatic rings. The number of hydrogen-bond acceptors (Lipinski definition) is 3. The van der Waals surface area contributed by atoms with Crippen molar-refractivity contribution >= 4 is 5.97 Å². The molecule has 106 valence electrons. The third kappa shape index (κ3) is 3.53. The highest BCUT2D eigenvalue weighted by atomic mass is 19.4. The van der Waals surface area contributed by atoms with Gasteiger partial charge in [-0.1, -0.05) is 18.2 Å². The molecular formula is C10H7F5O4. The van der Waals surface area contributed by atoms with E-state index >= 15 is 0 Å². The van der Waals surface area contributed by atoms with Gasteiger partial charge in [0.25, 0.3) is 0 Å². The molecule has 0 amide bonds. The summed E-state index contributed by atoms with van der Waals surface area (Å²) < 4.78 is 65.6. The highest BCUT2D eigenvalue weighted by Gasteiger charge is 2.49. The number of aliphatic hydroxyl groups is 1. The van der Waals surface area contributed by atoms with Crippen molar-refractivity contribution in [1.29, 1.82) is 0 Å². The largest absolute Gasteiger partial charge is 0.573 e. The molecule has 0 radical (unpaired) electrons. The highest BCUT2D eigenvalue weighted by Crippen LogP contribution is 2.38. The lowest BCUT2D eigenvalue weighted by atomic mass is 10.0. The van der Waals surface area contributed by atoms with Gasteiger partial charge in [-0.2, -0.15) is 8.78 Å². The smallest absolute Gasteiger partial charge is 0.477 e. The van der Waals surface area contributed by atoms with Gasteiger partial charge in [0, 0.05) is 5.56 Å². The third-order valence-electron chi connectivity index (χ3n) is 2.07. The van der Waals surface area contributed by atoms with Crippen LogP contribution in [-0.4, -0.2) is 28.5 Å². The summed E-state index contributed by atoms with van der Waals surface area (Å²) in [7, 11) is 0. The van der Waals surface area contributed by atoms with Crippen LogP contribution in [0.25, 0.3) is 0 Å². The Morgan fingerprint density at radius 1 is 1.16 bits per heavy atom. The number of halogens is 5. The second-order valence-electron chi connectivity index (χ2n) is 3.42. The Balaban J connectivity index is 3.17. The van der Waals surface area contributed by atoms with Crippen LogP contribution in [0.5, 0.6) is 5.75 Å². The van der Waals surface area contributed by atoms with Crippen LogP contribution in [0.1, 0.15) is 11.7 Å². The van der Waals surface area contributed by atoms with Gasteiger partial charge in [0.15, 0.2) is 6.10 Å². The van der Waals surface area contributed by atoms with Gasteiger partial charge in [0.2, 0.25) is 0 Å². The normalized spacial score (nSPS) is 14.0. The van der Waals surface area contributed by atoms with E-state index in [0.29, 0.717) is 12.1 Å². The molecular weight excluding hydrogens is 279 g/mol. The van der Waals surface area contributed by atoms with Crippen molar-refractivity contribution in [2.24, 2.45) is 0 Å². The number of alkyl halides is 5. The van der Waals surface area contributed by atoms with Gasteiger partial charge in [-0.05, 0) is 6.07 Å². The average Bonchev–Trinajstić information content (AvgIpc) is 2.26. The molecule has 0 aromatic heterocycles. The number of carboxylic acids is 1. The zero-order valence-electron chi connectivity index (χ0n) is 8.99. The maximum atomic E-state index is 13.1. The molecule has 0 aliphatic carbocycles. The van der Waals surface area contributed by atoms with E-state index in [9.17, 15) is 31.9 Å². The number of aliphatic hydroxyl groups excluding tert-OH is 1. The van der Waals surface area contributed by atoms with Gasteiger partial charge in [-0.25, -0.2) is 4.79 Å². The van der Waals surface area contributed by atoms with Gasteiger partial charge < -0.3 is 14.9 Å². The molecule has 0 fully saturated rings. The number of carbonyl (C=O) groups is 1. The average molecular weight is 286 g/mol. The zero-order valence-corrected chi connectivity index (χ0v) is 8.99. The van der Waals surface area contributed by atoms with Crippen LogP contribution in [0.15, 0.2) is 24.3 Å². The predicted molar refractivity (Wildman–Crippen MR) is 50.7 cm³/mol. The molecule has 0 spiro atoms. The summed E-state index contributed by atoms with van der Waals surface area (Å²) in [6.07, 6.45) is -8.13. The summed E-state index contributed by atoms with van der Waals surface area (Å²) in [5.74, 6) is -8.41. The molecule has 0 aliphatic heterocycles. The SMILES string of the molecule is O=C(O)C(F)(F)C(O)c1ccccc1OC(F)(F)F. The molecule has 0 heterocycles. The summed E-state index contributed by atoms with van der Waals surface area (Å²) in [5, 5.41) is 17.4. The van der Waals surface area contributed by atoms with E-state index in [0.717, 1.165) is 12.1 Å². The number of aliphatic carboxylic acids is 1. The van der Waals surface area contributed by atoms with Crippen molar-refractivity contribution in [2.45, 2.75) is 18.4 Å². The van der Waals surface area contributed by atoms with E-state index in [1.165, 1.54) is 0 Å². The third-order valence-corrected chi connectivity index (χ3v) is 2.07. The first-order chi connectivity index (χ1) is 8.55. The van der Waals surface area contributed by atoms with E-state index < -0.39 is 35.7 Å². The minimum Gasteiger partial charge on any atom is -0.477 e. The Hall–Kier alpha value is -1.90. The van der Waals surface area contributed by atoms with Crippen molar-refractivity contribution in [3.8, 4) is 5.75 Å². The Kier molecular flexibility index (Phi) is 3.99. The molecule has 1 unspecified atom stereocenters. The van der Waals surface area contributed by atoms with E-state index in [2.05, 4.69) is 4.74 Å². The van der Waals surface area contributed by atoms with E-state index in [4.69, 9.17) is 5.11 Å². The number of ether oxygens (including phenoxy) is 1. The Labute approximate surface area is 103 Å². The van der Waals surface area contributed by atoms with Crippen LogP contribution < -0.4 is 4.74 Å². The summed E-state index contributed by atoms with van der Waals surface area (Å²) in [5.41, 5.74) is -0.979. The Bertz CT molecular complexity index is 471. The topological polar surface area (TPSA) is 66.8 Å². The fraction of sp³-hybridized carbons (Fsp3) is 0.300.